The lowest BCUT2D eigenvalue weighted by atomic mass is 10.1. The molecule has 0 bridgehead atoms. The fourth-order valence-corrected chi connectivity index (χ4v) is 3.68. The molecule has 8 nitrogen and oxygen atoms in total. The van der Waals surface area contributed by atoms with Crippen LogP contribution in [0.2, 0.25) is 5.02 Å². The van der Waals surface area contributed by atoms with Gasteiger partial charge in [-0.2, -0.15) is 0 Å². The van der Waals surface area contributed by atoms with Crippen LogP contribution in [-0.2, 0) is 27.4 Å². The Kier molecular flexibility index (Phi) is 7.84. The van der Waals surface area contributed by atoms with Gasteiger partial charge < -0.3 is 14.8 Å². The van der Waals surface area contributed by atoms with Crippen molar-refractivity contribution < 1.29 is 23.9 Å². The summed E-state index contributed by atoms with van der Waals surface area (Å²) < 4.78 is 11.1. The van der Waals surface area contributed by atoms with Crippen LogP contribution in [0.1, 0.15) is 17.5 Å². The van der Waals surface area contributed by atoms with Crippen LogP contribution in [0, 0.1) is 0 Å². The average Bonchev–Trinajstić information content (AvgIpc) is 2.88. The smallest absolute Gasteiger partial charge is 0.408 e. The lowest BCUT2D eigenvalue weighted by Gasteiger charge is -2.40. The molecule has 1 fully saturated rings. The maximum absolute atomic E-state index is 13.1. The van der Waals surface area contributed by atoms with E-state index in [0.29, 0.717) is 16.3 Å². The number of nitrogens with one attached hydrogen (secondary N) is 2. The summed E-state index contributed by atoms with van der Waals surface area (Å²) in [6.45, 7) is 0.0463. The first kappa shape index (κ1) is 24.1. The molecule has 3 aromatic carbocycles. The van der Waals surface area contributed by atoms with Crippen molar-refractivity contribution in [3.05, 3.63) is 101 Å². The molecule has 1 unspecified atom stereocenters. The van der Waals surface area contributed by atoms with E-state index < -0.39 is 24.3 Å². The van der Waals surface area contributed by atoms with Gasteiger partial charge in [-0.3, -0.25) is 15.0 Å². The minimum atomic E-state index is -1.05. The van der Waals surface area contributed by atoms with Crippen LogP contribution < -0.4 is 15.5 Å². The predicted molar refractivity (Wildman–Crippen MR) is 129 cm³/mol. The van der Waals surface area contributed by atoms with Crippen LogP contribution in [0.15, 0.2) is 84.9 Å². The van der Waals surface area contributed by atoms with Crippen molar-refractivity contribution in [2.45, 2.75) is 31.7 Å². The molecule has 1 aliphatic heterocycles. The molecule has 0 aliphatic carbocycles. The molecule has 3 aromatic rings. The highest BCUT2D eigenvalue weighted by Gasteiger charge is 2.40. The summed E-state index contributed by atoms with van der Waals surface area (Å²) in [5.74, 6) is -0.335. The van der Waals surface area contributed by atoms with Gasteiger partial charge in [0.05, 0.1) is 6.42 Å². The van der Waals surface area contributed by atoms with Crippen molar-refractivity contribution in [1.82, 2.24) is 15.8 Å². The minimum Gasteiger partial charge on any atom is -0.468 e. The fourth-order valence-electron chi connectivity index (χ4n) is 3.47. The predicted octanol–water partition coefficient (Wildman–Crippen LogP) is 3.85. The number of hydrazine groups is 1. The van der Waals surface area contributed by atoms with Gasteiger partial charge in [-0.05, 0) is 29.3 Å². The molecule has 2 N–H and O–H groups in total. The Hall–Kier alpha value is -4.04. The van der Waals surface area contributed by atoms with Crippen LogP contribution in [0.3, 0.4) is 0 Å². The number of carbonyl (C=O) groups excluding carboxylic acids is 3. The molecule has 0 radical (unpaired) electrons. The molecule has 0 spiro atoms. The normalized spacial score (nSPS) is 15.5. The summed E-state index contributed by atoms with van der Waals surface area (Å²) >= 11 is 6.27. The number of β-lactam (4-membered cyclic amide) rings is 1. The van der Waals surface area contributed by atoms with E-state index in [1.807, 2.05) is 48.5 Å². The molecule has 4 rings (SSSR count). The van der Waals surface area contributed by atoms with Crippen molar-refractivity contribution in [3.8, 4) is 5.75 Å². The van der Waals surface area contributed by atoms with Crippen molar-refractivity contribution >= 4 is 29.5 Å². The molecular weight excluding hydrogens is 470 g/mol. The third-order valence-electron chi connectivity index (χ3n) is 5.36. The molecule has 0 saturated carbocycles. The van der Waals surface area contributed by atoms with Gasteiger partial charge in [0, 0.05) is 11.4 Å². The van der Waals surface area contributed by atoms with Gasteiger partial charge in [-0.1, -0.05) is 78.3 Å². The fraction of sp³-hybridized carbons (Fsp3) is 0.192. The van der Waals surface area contributed by atoms with E-state index in [4.69, 9.17) is 21.1 Å². The van der Waals surface area contributed by atoms with Crippen molar-refractivity contribution in [2.24, 2.45) is 0 Å². The maximum atomic E-state index is 13.1. The Morgan fingerprint density at radius 2 is 1.63 bits per heavy atom. The Morgan fingerprint density at radius 3 is 2.31 bits per heavy atom. The highest BCUT2D eigenvalue weighted by molar-refractivity contribution is 6.31. The number of nitrogens with zero attached hydrogens (tertiary/aromatic N) is 1. The lowest BCUT2D eigenvalue weighted by molar-refractivity contribution is -0.173. The Morgan fingerprint density at radius 1 is 0.971 bits per heavy atom. The van der Waals surface area contributed by atoms with Gasteiger partial charge in [0.2, 0.25) is 12.1 Å². The number of hydrogen-bond donors (Lipinski definition) is 2. The third kappa shape index (κ3) is 6.51. The zero-order valence-electron chi connectivity index (χ0n) is 18.7. The van der Waals surface area contributed by atoms with Gasteiger partial charge in [-0.25, -0.2) is 9.80 Å². The molecule has 180 valence electrons. The number of rotatable bonds is 9. The monoisotopic (exact) mass is 493 g/mol. The standard InChI is InChI=1S/C26H24ClN3O5/c27-21-14-8-7-11-19(21)15-22(28-26(33)34-17-18-9-3-1-4-10-18)25(32)29-30-23(31)16-24(30)35-20-12-5-2-6-13-20/h1-14,22,24H,15-17H2,(H,28,33)(H,29,32)/t22-,24?/m0/s1. The number of ether oxygens (including phenoxy) is 2. The summed E-state index contributed by atoms with van der Waals surface area (Å²) in [7, 11) is 0. The van der Waals surface area contributed by atoms with E-state index in [1.165, 1.54) is 0 Å². The highest BCUT2D eigenvalue weighted by atomic mass is 35.5. The largest absolute Gasteiger partial charge is 0.468 e. The first-order chi connectivity index (χ1) is 17.0. The van der Waals surface area contributed by atoms with Gasteiger partial charge in [0.1, 0.15) is 18.4 Å². The van der Waals surface area contributed by atoms with Gasteiger partial charge >= 0.3 is 6.09 Å². The topological polar surface area (TPSA) is 97.0 Å². The summed E-state index contributed by atoms with van der Waals surface area (Å²) in [6.07, 6.45) is -1.21. The highest BCUT2D eigenvalue weighted by Crippen LogP contribution is 2.22. The minimum absolute atomic E-state index is 0.0463. The second kappa shape index (κ2) is 11.4. The van der Waals surface area contributed by atoms with Crippen molar-refractivity contribution in [1.29, 1.82) is 0 Å². The van der Waals surface area contributed by atoms with Gasteiger partial charge in [0.25, 0.3) is 5.91 Å². The van der Waals surface area contributed by atoms with Crippen LogP contribution in [0.4, 0.5) is 4.79 Å². The zero-order chi connectivity index (χ0) is 24.6. The van der Waals surface area contributed by atoms with E-state index in [2.05, 4.69) is 10.7 Å². The van der Waals surface area contributed by atoms with E-state index in [-0.39, 0.29) is 25.4 Å². The van der Waals surface area contributed by atoms with Crippen LogP contribution in [0.5, 0.6) is 5.75 Å². The average molecular weight is 494 g/mol. The second-order valence-electron chi connectivity index (χ2n) is 7.88. The first-order valence-corrected chi connectivity index (χ1v) is 11.4. The molecule has 1 heterocycles. The third-order valence-corrected chi connectivity index (χ3v) is 5.72. The SMILES string of the molecule is O=C(N[C@@H](Cc1ccccc1Cl)C(=O)NN1C(=O)CC1Oc1ccccc1)OCc1ccccc1. The first-order valence-electron chi connectivity index (χ1n) is 11.0. The summed E-state index contributed by atoms with van der Waals surface area (Å²) in [6, 6.07) is 24.1. The number of halogens is 1. The Labute approximate surface area is 207 Å². The maximum Gasteiger partial charge on any atom is 0.408 e. The quantitative estimate of drug-likeness (QED) is 0.441. The zero-order valence-corrected chi connectivity index (χ0v) is 19.5. The Balaban J connectivity index is 1.42. The van der Waals surface area contributed by atoms with Crippen LogP contribution in [-0.4, -0.2) is 35.2 Å². The molecule has 35 heavy (non-hydrogen) atoms. The van der Waals surface area contributed by atoms with Gasteiger partial charge in [0.15, 0.2) is 0 Å². The van der Waals surface area contributed by atoms with E-state index in [1.54, 1.807) is 36.4 Å². The molecule has 3 amide bonds. The van der Waals surface area contributed by atoms with Crippen molar-refractivity contribution in [2.75, 3.05) is 0 Å². The second-order valence-corrected chi connectivity index (χ2v) is 8.29. The van der Waals surface area contributed by atoms with E-state index in [9.17, 15) is 14.4 Å². The van der Waals surface area contributed by atoms with Crippen LogP contribution in [0.25, 0.3) is 0 Å². The summed E-state index contributed by atoms with van der Waals surface area (Å²) in [5.41, 5.74) is 4.03. The van der Waals surface area contributed by atoms with E-state index in [0.717, 1.165) is 10.6 Å². The summed E-state index contributed by atoms with van der Waals surface area (Å²) in [5, 5.41) is 4.16. The number of hydrogen-bond acceptors (Lipinski definition) is 5. The number of alkyl carbamates (subject to hydrolysis) is 1. The number of benzene rings is 3. The molecule has 2 atom stereocenters. The molecule has 9 heteroatoms. The molecule has 0 aromatic heterocycles. The number of amides is 3. The summed E-state index contributed by atoms with van der Waals surface area (Å²) in [4.78, 5) is 37.8. The molecule has 1 aliphatic rings. The molecule has 1 saturated heterocycles. The molecular formula is C26H24ClN3O5. The van der Waals surface area contributed by atoms with E-state index >= 15 is 0 Å². The lowest BCUT2D eigenvalue weighted by Crippen LogP contribution is -2.65. The Bertz CT molecular complexity index is 1180. The number of carbonyl (C=O) groups is 3. The number of para-hydroxylation sites is 1. The van der Waals surface area contributed by atoms with Crippen molar-refractivity contribution in [3.63, 3.8) is 0 Å². The van der Waals surface area contributed by atoms with Crippen LogP contribution >= 0.6 is 11.6 Å². The van der Waals surface area contributed by atoms with Gasteiger partial charge in [-0.15, -0.1) is 0 Å².